The van der Waals surface area contributed by atoms with Crippen molar-refractivity contribution >= 4 is 39.1 Å². The van der Waals surface area contributed by atoms with E-state index in [1.165, 1.54) is 0 Å². The predicted octanol–water partition coefficient (Wildman–Crippen LogP) is 4.22. The Balaban J connectivity index is 0.000000310. The van der Waals surface area contributed by atoms with Gasteiger partial charge < -0.3 is 5.11 Å². The molecule has 4 heteroatoms. The van der Waals surface area contributed by atoms with E-state index in [9.17, 15) is 0 Å². The number of phenolic OH excluding ortho intramolecular Hbond substituents is 1. The highest BCUT2D eigenvalue weighted by Gasteiger charge is 1.93. The van der Waals surface area contributed by atoms with Crippen molar-refractivity contribution in [2.45, 2.75) is 5.33 Å². The molecule has 1 rings (SSSR count). The lowest BCUT2D eigenvalue weighted by atomic mass is 10.2. The summed E-state index contributed by atoms with van der Waals surface area (Å²) in [4.78, 5) is 0. The molecule has 0 amide bonds. The number of aromatic hydroxyl groups is 1. The Bertz CT molecular complexity index is 272. The van der Waals surface area contributed by atoms with Crippen molar-refractivity contribution in [2.24, 2.45) is 0 Å². The van der Waals surface area contributed by atoms with Crippen LogP contribution < -0.4 is 0 Å². The van der Waals surface area contributed by atoms with E-state index in [0.29, 0.717) is 11.1 Å². The number of alkyl halides is 1. The molecule has 0 radical (unpaired) electrons. The Morgan fingerprint density at radius 2 is 1.85 bits per heavy atom. The van der Waals surface area contributed by atoms with Crippen LogP contribution in [0.25, 0.3) is 0 Å². The second-order valence-electron chi connectivity index (χ2n) is 2.10. The molecule has 0 bridgehead atoms. The topological polar surface area (TPSA) is 20.2 Å². The summed E-state index contributed by atoms with van der Waals surface area (Å²) in [7, 11) is 0. The summed E-state index contributed by atoms with van der Waals surface area (Å²) in [6.45, 7) is 3.09. The maximum atomic E-state index is 9.08. The second kappa shape index (κ2) is 7.25. The molecule has 1 N–H and O–H groups in total. The summed E-state index contributed by atoms with van der Waals surface area (Å²) in [5.41, 5.74) is 0.928. The molecule has 0 saturated carbocycles. The third kappa shape index (κ3) is 6.94. The van der Waals surface area contributed by atoms with Crippen molar-refractivity contribution in [3.05, 3.63) is 40.9 Å². The van der Waals surface area contributed by atoms with Crippen LogP contribution in [0.3, 0.4) is 0 Å². The zero-order valence-electron chi connectivity index (χ0n) is 6.80. The van der Waals surface area contributed by atoms with E-state index in [-0.39, 0.29) is 4.49 Å². The van der Waals surface area contributed by atoms with E-state index in [1.807, 2.05) is 18.2 Å². The maximum Gasteiger partial charge on any atom is 0.119 e. The highest BCUT2D eigenvalue weighted by Crippen LogP contribution is 2.17. The van der Waals surface area contributed by atoms with Gasteiger partial charge in [0.15, 0.2) is 0 Å². The Kier molecular flexibility index (Phi) is 7.14. The number of phenols is 1. The average molecular weight is 284 g/mol. The van der Waals surface area contributed by atoms with E-state index < -0.39 is 0 Å². The molecular weight excluding hydrogens is 275 g/mol. The zero-order valence-corrected chi connectivity index (χ0v) is 9.90. The van der Waals surface area contributed by atoms with Gasteiger partial charge >= 0.3 is 0 Å². The van der Waals surface area contributed by atoms with Crippen molar-refractivity contribution < 1.29 is 5.11 Å². The fourth-order valence-corrected chi connectivity index (χ4v) is 1.10. The first-order chi connectivity index (χ1) is 6.07. The van der Waals surface area contributed by atoms with E-state index >= 15 is 0 Å². The van der Waals surface area contributed by atoms with Crippen LogP contribution in [0.1, 0.15) is 5.56 Å². The summed E-state index contributed by atoms with van der Waals surface area (Å²) in [5, 5.41) is 9.79. The van der Waals surface area contributed by atoms with E-state index in [0.717, 1.165) is 5.56 Å². The molecular formula is C9H9BrCl2O. The molecule has 13 heavy (non-hydrogen) atoms. The smallest absolute Gasteiger partial charge is 0.119 e. The van der Waals surface area contributed by atoms with Gasteiger partial charge in [0.05, 0.1) is 4.49 Å². The Morgan fingerprint density at radius 3 is 2.15 bits per heavy atom. The standard InChI is InChI=1S/C7H7BrO.C2H2Cl2/c8-5-6-3-1-2-4-7(6)9;1-2(3)4/h1-4,9H,5H2;1H2. The van der Waals surface area contributed by atoms with Gasteiger partial charge in [-0.15, -0.1) is 0 Å². The van der Waals surface area contributed by atoms with Crippen molar-refractivity contribution in [2.75, 3.05) is 0 Å². The van der Waals surface area contributed by atoms with Crippen LogP contribution >= 0.6 is 39.1 Å². The lowest BCUT2D eigenvalue weighted by Gasteiger charge is -1.96. The van der Waals surface area contributed by atoms with E-state index in [4.69, 9.17) is 28.3 Å². The average Bonchev–Trinajstić information content (AvgIpc) is 2.04. The molecule has 0 aliphatic carbocycles. The van der Waals surface area contributed by atoms with Crippen LogP contribution in [-0.2, 0) is 5.33 Å². The largest absolute Gasteiger partial charge is 0.508 e. The predicted molar refractivity (Wildman–Crippen MR) is 61.6 cm³/mol. The molecule has 1 nitrogen and oxygen atoms in total. The Labute approximate surface area is 96.1 Å². The third-order valence-corrected chi connectivity index (χ3v) is 1.74. The quantitative estimate of drug-likeness (QED) is 0.765. The van der Waals surface area contributed by atoms with Crippen LogP contribution in [0.2, 0.25) is 0 Å². The molecule has 0 heterocycles. The first-order valence-corrected chi connectivity index (χ1v) is 5.28. The summed E-state index contributed by atoms with van der Waals surface area (Å²) in [6.07, 6.45) is 0. The molecule has 0 fully saturated rings. The number of rotatable bonds is 1. The zero-order chi connectivity index (χ0) is 10.3. The van der Waals surface area contributed by atoms with Crippen LogP contribution in [0, 0.1) is 0 Å². The summed E-state index contributed by atoms with van der Waals surface area (Å²) in [5.74, 6) is 0.356. The molecule has 72 valence electrons. The van der Waals surface area contributed by atoms with Crippen LogP contribution in [0.5, 0.6) is 5.75 Å². The van der Waals surface area contributed by atoms with Gasteiger partial charge in [0, 0.05) is 10.9 Å². The van der Waals surface area contributed by atoms with Gasteiger partial charge in [-0.2, -0.15) is 0 Å². The van der Waals surface area contributed by atoms with Gasteiger partial charge in [0.1, 0.15) is 5.75 Å². The van der Waals surface area contributed by atoms with Crippen LogP contribution in [0.4, 0.5) is 0 Å². The van der Waals surface area contributed by atoms with E-state index in [1.54, 1.807) is 6.07 Å². The minimum absolute atomic E-state index is 0.111. The minimum Gasteiger partial charge on any atom is -0.508 e. The lowest BCUT2D eigenvalue weighted by molar-refractivity contribution is 0.471. The van der Waals surface area contributed by atoms with Gasteiger partial charge in [-0.25, -0.2) is 0 Å². The third-order valence-electron chi connectivity index (χ3n) is 1.14. The number of benzene rings is 1. The summed E-state index contributed by atoms with van der Waals surface area (Å²) >= 11 is 12.9. The van der Waals surface area contributed by atoms with Gasteiger partial charge in [0.2, 0.25) is 0 Å². The Hall–Kier alpha value is -0.180. The first-order valence-electron chi connectivity index (χ1n) is 3.40. The van der Waals surface area contributed by atoms with Crippen LogP contribution in [-0.4, -0.2) is 5.11 Å². The van der Waals surface area contributed by atoms with Crippen molar-refractivity contribution in [1.29, 1.82) is 0 Å². The number of hydrogen-bond acceptors (Lipinski definition) is 1. The number of hydrogen-bond donors (Lipinski definition) is 1. The highest BCUT2D eigenvalue weighted by molar-refractivity contribution is 9.08. The fraction of sp³-hybridized carbons (Fsp3) is 0.111. The molecule has 0 aliphatic rings. The second-order valence-corrected chi connectivity index (χ2v) is 3.77. The minimum atomic E-state index is 0.111. The number of halogens is 3. The highest BCUT2D eigenvalue weighted by atomic mass is 79.9. The Morgan fingerprint density at radius 1 is 1.38 bits per heavy atom. The molecule has 0 aromatic heterocycles. The molecule has 0 unspecified atom stereocenters. The summed E-state index contributed by atoms with van der Waals surface area (Å²) in [6, 6.07) is 7.26. The summed E-state index contributed by atoms with van der Waals surface area (Å²) < 4.78 is 0.111. The molecule has 0 spiro atoms. The fourth-order valence-electron chi connectivity index (χ4n) is 0.624. The molecule has 0 saturated heterocycles. The lowest BCUT2D eigenvalue weighted by Crippen LogP contribution is -1.75. The maximum absolute atomic E-state index is 9.08. The van der Waals surface area contributed by atoms with Crippen molar-refractivity contribution in [3.8, 4) is 5.75 Å². The number of para-hydroxylation sites is 1. The first kappa shape index (κ1) is 12.8. The monoisotopic (exact) mass is 282 g/mol. The van der Waals surface area contributed by atoms with Gasteiger partial charge in [-0.05, 0) is 6.07 Å². The van der Waals surface area contributed by atoms with Crippen LogP contribution in [0.15, 0.2) is 35.3 Å². The normalized spacial score (nSPS) is 8.54. The molecule has 1 aromatic rings. The molecule has 1 aromatic carbocycles. The molecule has 0 aliphatic heterocycles. The van der Waals surface area contributed by atoms with E-state index in [2.05, 4.69) is 22.5 Å². The SMILES string of the molecule is C=C(Cl)Cl.Oc1ccccc1CBr. The van der Waals surface area contributed by atoms with Gasteiger partial charge in [0.25, 0.3) is 0 Å². The van der Waals surface area contributed by atoms with Gasteiger partial charge in [-0.1, -0.05) is 63.9 Å². The molecule has 0 atom stereocenters. The van der Waals surface area contributed by atoms with Crippen molar-refractivity contribution in [3.63, 3.8) is 0 Å². The van der Waals surface area contributed by atoms with Gasteiger partial charge in [-0.3, -0.25) is 0 Å². The van der Waals surface area contributed by atoms with Crippen molar-refractivity contribution in [1.82, 2.24) is 0 Å².